The summed E-state index contributed by atoms with van der Waals surface area (Å²) >= 11 is 0. The maximum atomic E-state index is 8.68. The van der Waals surface area contributed by atoms with Crippen LogP contribution in [0.15, 0.2) is 34.9 Å². The van der Waals surface area contributed by atoms with E-state index >= 15 is 0 Å². The van der Waals surface area contributed by atoms with Crippen LogP contribution >= 0.6 is 0 Å². The van der Waals surface area contributed by atoms with Gasteiger partial charge >= 0.3 is 0 Å². The number of ether oxygens (including phenoxy) is 1. The van der Waals surface area contributed by atoms with Crippen LogP contribution in [0, 0.1) is 5.92 Å². The number of rotatable bonds is 7. The minimum absolute atomic E-state index is 0.0118. The molecule has 21 heavy (non-hydrogen) atoms. The summed E-state index contributed by atoms with van der Waals surface area (Å²) in [4.78, 5) is 4.16. The second kappa shape index (κ2) is 6.18. The molecule has 2 aromatic heterocycles. The maximum Gasteiger partial charge on any atom is 0.213 e. The summed E-state index contributed by atoms with van der Waals surface area (Å²) in [6.07, 6.45) is 2.94. The van der Waals surface area contributed by atoms with Crippen molar-refractivity contribution in [3.8, 4) is 5.88 Å². The average molecular weight is 288 g/mol. The van der Waals surface area contributed by atoms with Gasteiger partial charge in [-0.05, 0) is 30.5 Å². The molecule has 0 aromatic carbocycles. The summed E-state index contributed by atoms with van der Waals surface area (Å²) < 4.78 is 11.1. The Morgan fingerprint density at radius 2 is 2.24 bits per heavy atom. The van der Waals surface area contributed by atoms with Crippen LogP contribution in [-0.4, -0.2) is 23.3 Å². The molecule has 2 heterocycles. The lowest BCUT2D eigenvalue weighted by atomic mass is 10.3. The van der Waals surface area contributed by atoms with E-state index in [4.69, 9.17) is 14.3 Å². The van der Waals surface area contributed by atoms with E-state index in [1.165, 1.54) is 6.42 Å². The summed E-state index contributed by atoms with van der Waals surface area (Å²) in [6, 6.07) is 7.78. The van der Waals surface area contributed by atoms with Crippen molar-refractivity contribution in [2.24, 2.45) is 5.92 Å². The van der Waals surface area contributed by atoms with Crippen molar-refractivity contribution < 1.29 is 14.3 Å². The lowest BCUT2D eigenvalue weighted by Gasteiger charge is -2.06. The van der Waals surface area contributed by atoms with Gasteiger partial charge in [0.2, 0.25) is 5.88 Å². The van der Waals surface area contributed by atoms with Crippen LogP contribution in [0.25, 0.3) is 0 Å². The van der Waals surface area contributed by atoms with Gasteiger partial charge in [0.05, 0.1) is 25.0 Å². The minimum atomic E-state index is -0.0118. The number of nitrogens with one attached hydrogen (secondary N) is 1. The first-order valence-electron chi connectivity index (χ1n) is 7.28. The van der Waals surface area contributed by atoms with Crippen molar-refractivity contribution in [2.45, 2.75) is 25.8 Å². The molecule has 0 bridgehead atoms. The first-order chi connectivity index (χ1) is 10.3. The van der Waals surface area contributed by atoms with Crippen LogP contribution in [0.3, 0.4) is 0 Å². The average Bonchev–Trinajstić information content (AvgIpc) is 3.05. The molecular weight excluding hydrogens is 268 g/mol. The molecule has 2 unspecified atom stereocenters. The predicted molar refractivity (Wildman–Crippen MR) is 79.4 cm³/mol. The molecule has 5 nitrogen and oxygen atoms in total. The van der Waals surface area contributed by atoms with Crippen molar-refractivity contribution in [3.05, 3.63) is 42.0 Å². The van der Waals surface area contributed by atoms with Crippen molar-refractivity contribution >= 4 is 5.69 Å². The van der Waals surface area contributed by atoms with Crippen LogP contribution in [-0.2, 0) is 6.54 Å². The number of aliphatic hydroxyl groups excluding tert-OH is 1. The zero-order valence-electron chi connectivity index (χ0n) is 12.1. The fraction of sp³-hybridized carbons (Fsp3) is 0.438. The number of hydrogen-bond donors (Lipinski definition) is 2. The smallest absolute Gasteiger partial charge is 0.213 e. The Balaban J connectivity index is 1.51. The molecule has 5 heteroatoms. The van der Waals surface area contributed by atoms with Crippen molar-refractivity contribution in [3.63, 3.8) is 0 Å². The molecule has 1 aliphatic carbocycles. The molecule has 0 spiro atoms. The molecule has 0 amide bonds. The first-order valence-corrected chi connectivity index (χ1v) is 7.28. The highest BCUT2D eigenvalue weighted by atomic mass is 16.5. The third kappa shape index (κ3) is 3.55. The van der Waals surface area contributed by atoms with Gasteiger partial charge < -0.3 is 19.6 Å². The first kappa shape index (κ1) is 13.9. The van der Waals surface area contributed by atoms with Crippen LogP contribution < -0.4 is 10.1 Å². The lowest BCUT2D eigenvalue weighted by Crippen LogP contribution is -2.03. The van der Waals surface area contributed by atoms with Gasteiger partial charge in [-0.1, -0.05) is 6.92 Å². The molecule has 2 N–H and O–H groups in total. The van der Waals surface area contributed by atoms with E-state index in [9.17, 15) is 0 Å². The molecule has 0 aliphatic heterocycles. The number of aromatic nitrogens is 1. The van der Waals surface area contributed by atoms with E-state index in [1.54, 1.807) is 12.3 Å². The normalized spacial score (nSPS) is 20.3. The van der Waals surface area contributed by atoms with Gasteiger partial charge in [0.1, 0.15) is 18.1 Å². The molecule has 0 radical (unpaired) electrons. The Labute approximate surface area is 124 Å². The van der Waals surface area contributed by atoms with Crippen molar-refractivity contribution in [2.75, 3.05) is 18.5 Å². The Kier molecular flexibility index (Phi) is 4.10. The molecule has 3 rings (SSSR count). The van der Waals surface area contributed by atoms with Crippen molar-refractivity contribution in [1.29, 1.82) is 0 Å². The Hall–Kier alpha value is -2.01. The van der Waals surface area contributed by atoms with Gasteiger partial charge in [0.25, 0.3) is 0 Å². The maximum absolute atomic E-state index is 8.68. The highest BCUT2D eigenvalue weighted by Gasteiger charge is 2.36. The fourth-order valence-corrected chi connectivity index (χ4v) is 2.32. The number of hydrogen-bond acceptors (Lipinski definition) is 5. The zero-order valence-corrected chi connectivity index (χ0v) is 12.1. The van der Waals surface area contributed by atoms with Crippen LogP contribution in [0.4, 0.5) is 5.69 Å². The van der Waals surface area contributed by atoms with Crippen LogP contribution in [0.2, 0.25) is 0 Å². The quantitative estimate of drug-likeness (QED) is 0.820. The van der Waals surface area contributed by atoms with Gasteiger partial charge in [-0.3, -0.25) is 0 Å². The van der Waals surface area contributed by atoms with E-state index in [1.807, 2.05) is 12.1 Å². The van der Waals surface area contributed by atoms with E-state index in [2.05, 4.69) is 23.3 Å². The number of furan rings is 1. The molecule has 2 atom stereocenters. The fourth-order valence-electron chi connectivity index (χ4n) is 2.32. The van der Waals surface area contributed by atoms with Crippen LogP contribution in [0.5, 0.6) is 5.88 Å². The van der Waals surface area contributed by atoms with E-state index in [-0.39, 0.29) is 13.2 Å². The van der Waals surface area contributed by atoms with Gasteiger partial charge in [-0.25, -0.2) is 4.98 Å². The minimum Gasteiger partial charge on any atom is -0.475 e. The number of anilines is 1. The third-order valence-electron chi connectivity index (χ3n) is 3.70. The SMILES string of the molecule is CC1CC1c1ccc(CNc2ccc(OCCO)nc2)o1. The molecule has 1 fully saturated rings. The van der Waals surface area contributed by atoms with E-state index in [0.29, 0.717) is 18.3 Å². The second-order valence-electron chi connectivity index (χ2n) is 5.43. The topological polar surface area (TPSA) is 67.5 Å². The Bertz CT molecular complexity index is 579. The second-order valence-corrected chi connectivity index (χ2v) is 5.43. The number of aliphatic hydroxyl groups is 1. The summed E-state index contributed by atoms with van der Waals surface area (Å²) in [5.41, 5.74) is 0.907. The number of pyridine rings is 1. The largest absolute Gasteiger partial charge is 0.475 e. The van der Waals surface area contributed by atoms with E-state index < -0.39 is 0 Å². The molecule has 1 saturated carbocycles. The summed E-state index contributed by atoms with van der Waals surface area (Å²) in [5.74, 6) is 3.92. The lowest BCUT2D eigenvalue weighted by molar-refractivity contribution is 0.196. The third-order valence-corrected chi connectivity index (χ3v) is 3.70. The predicted octanol–water partition coefficient (Wildman–Crippen LogP) is 2.78. The molecule has 2 aromatic rings. The monoisotopic (exact) mass is 288 g/mol. The van der Waals surface area contributed by atoms with E-state index in [0.717, 1.165) is 23.1 Å². The van der Waals surface area contributed by atoms with Gasteiger partial charge in [0, 0.05) is 12.0 Å². The van der Waals surface area contributed by atoms with Gasteiger partial charge in [-0.2, -0.15) is 0 Å². The van der Waals surface area contributed by atoms with Crippen LogP contribution in [0.1, 0.15) is 30.8 Å². The zero-order chi connectivity index (χ0) is 14.7. The summed E-state index contributed by atoms with van der Waals surface area (Å²) in [6.45, 7) is 3.13. The van der Waals surface area contributed by atoms with Gasteiger partial charge in [-0.15, -0.1) is 0 Å². The number of nitrogens with zero attached hydrogens (tertiary/aromatic N) is 1. The molecule has 0 saturated heterocycles. The highest BCUT2D eigenvalue weighted by molar-refractivity contribution is 5.42. The summed E-state index contributed by atoms with van der Waals surface area (Å²) in [5, 5.41) is 11.9. The Morgan fingerprint density at radius 3 is 2.90 bits per heavy atom. The van der Waals surface area contributed by atoms with Gasteiger partial charge in [0.15, 0.2) is 0 Å². The standard InChI is InChI=1S/C16H20N2O3/c1-11-8-14(11)15-4-3-13(21-15)10-17-12-2-5-16(18-9-12)20-7-6-19/h2-5,9,11,14,17,19H,6-8,10H2,1H3. The molecule has 1 aliphatic rings. The summed E-state index contributed by atoms with van der Waals surface area (Å²) in [7, 11) is 0. The Morgan fingerprint density at radius 1 is 1.38 bits per heavy atom. The van der Waals surface area contributed by atoms with Crippen molar-refractivity contribution in [1.82, 2.24) is 4.98 Å². The molecule has 112 valence electrons. The molecular formula is C16H20N2O3. The highest BCUT2D eigenvalue weighted by Crippen LogP contribution is 2.47.